The van der Waals surface area contributed by atoms with Crippen molar-refractivity contribution in [2.24, 2.45) is 0 Å². The average molecular weight is 247 g/mol. The van der Waals surface area contributed by atoms with Gasteiger partial charge >= 0.3 is 0 Å². The Labute approximate surface area is 109 Å². The molecule has 18 heavy (non-hydrogen) atoms. The van der Waals surface area contributed by atoms with Crippen molar-refractivity contribution >= 4 is 5.91 Å². The predicted molar refractivity (Wildman–Crippen MR) is 71.5 cm³/mol. The van der Waals surface area contributed by atoms with Crippen molar-refractivity contribution < 1.29 is 9.53 Å². The summed E-state index contributed by atoms with van der Waals surface area (Å²) in [7, 11) is 0. The van der Waals surface area contributed by atoms with Gasteiger partial charge in [-0.1, -0.05) is 24.3 Å². The van der Waals surface area contributed by atoms with Crippen molar-refractivity contribution in [1.82, 2.24) is 5.32 Å². The first-order chi connectivity index (χ1) is 8.75. The van der Waals surface area contributed by atoms with Crippen LogP contribution in [0.4, 0.5) is 0 Å². The quantitative estimate of drug-likeness (QED) is 0.866. The highest BCUT2D eigenvalue weighted by Crippen LogP contribution is 2.14. The summed E-state index contributed by atoms with van der Waals surface area (Å²) < 4.78 is 5.52. The van der Waals surface area contributed by atoms with Crippen molar-refractivity contribution in [3.05, 3.63) is 35.4 Å². The van der Waals surface area contributed by atoms with Gasteiger partial charge in [-0.2, -0.15) is 0 Å². The van der Waals surface area contributed by atoms with E-state index in [1.54, 1.807) is 0 Å². The van der Waals surface area contributed by atoms with Crippen LogP contribution in [0.15, 0.2) is 24.3 Å². The van der Waals surface area contributed by atoms with Crippen molar-refractivity contribution in [2.45, 2.75) is 38.7 Å². The third kappa shape index (κ3) is 3.84. The third-order valence-electron chi connectivity index (χ3n) is 3.42. The number of ether oxygens (including phenoxy) is 1. The van der Waals surface area contributed by atoms with Gasteiger partial charge in [0, 0.05) is 13.2 Å². The Morgan fingerprint density at radius 3 is 3.00 bits per heavy atom. The highest BCUT2D eigenvalue weighted by Gasteiger charge is 2.15. The molecule has 1 fully saturated rings. The summed E-state index contributed by atoms with van der Waals surface area (Å²) in [6, 6.07) is 8.01. The Morgan fingerprint density at radius 2 is 2.28 bits per heavy atom. The normalized spacial score (nSPS) is 18.8. The molecule has 1 N–H and O–H groups in total. The molecule has 1 aromatic rings. The van der Waals surface area contributed by atoms with Crippen LogP contribution in [0.3, 0.4) is 0 Å². The topological polar surface area (TPSA) is 38.3 Å². The Balaban J connectivity index is 1.70. The molecule has 1 aliphatic heterocycles. The molecule has 0 spiro atoms. The molecule has 1 aliphatic rings. The number of hydrogen-bond acceptors (Lipinski definition) is 2. The molecule has 1 saturated heterocycles. The number of nitrogens with one attached hydrogen (secondary N) is 1. The number of amides is 1. The molecule has 0 aromatic heterocycles. The number of aryl methyl sites for hydroxylation is 1. The molecule has 1 aromatic carbocycles. The van der Waals surface area contributed by atoms with Gasteiger partial charge in [0.05, 0.1) is 12.5 Å². The van der Waals surface area contributed by atoms with E-state index < -0.39 is 0 Å². The fourth-order valence-corrected chi connectivity index (χ4v) is 2.29. The zero-order chi connectivity index (χ0) is 12.8. The number of carbonyl (C=O) groups is 1. The Hall–Kier alpha value is -1.35. The van der Waals surface area contributed by atoms with E-state index >= 15 is 0 Å². The van der Waals surface area contributed by atoms with Gasteiger partial charge in [0.15, 0.2) is 0 Å². The van der Waals surface area contributed by atoms with E-state index in [2.05, 4.69) is 5.32 Å². The molecule has 0 saturated carbocycles. The molecule has 1 heterocycles. The summed E-state index contributed by atoms with van der Waals surface area (Å²) in [6.07, 6.45) is 4.04. The second-order valence-electron chi connectivity index (χ2n) is 4.88. The lowest BCUT2D eigenvalue weighted by Crippen LogP contribution is -2.28. The fraction of sp³-hybridized carbons (Fsp3) is 0.533. The average Bonchev–Trinajstić information content (AvgIpc) is 2.85. The maximum absolute atomic E-state index is 11.8. The molecule has 1 atom stereocenters. The van der Waals surface area contributed by atoms with Gasteiger partial charge in [0.1, 0.15) is 0 Å². The predicted octanol–water partition coefficient (Wildman–Crippen LogP) is 2.22. The minimum Gasteiger partial charge on any atom is -0.378 e. The van der Waals surface area contributed by atoms with E-state index in [0.717, 1.165) is 38.0 Å². The molecule has 98 valence electrons. The number of benzene rings is 1. The zero-order valence-electron chi connectivity index (χ0n) is 10.9. The van der Waals surface area contributed by atoms with Crippen LogP contribution in [0, 0.1) is 6.92 Å². The third-order valence-corrected chi connectivity index (χ3v) is 3.42. The molecule has 0 radical (unpaired) electrons. The summed E-state index contributed by atoms with van der Waals surface area (Å²) in [5, 5.41) is 2.97. The van der Waals surface area contributed by atoms with Gasteiger partial charge in [-0.25, -0.2) is 0 Å². The van der Waals surface area contributed by atoms with Crippen molar-refractivity contribution in [3.8, 4) is 0 Å². The molecule has 2 rings (SSSR count). The Kier molecular flexibility index (Phi) is 4.76. The van der Waals surface area contributed by atoms with Crippen molar-refractivity contribution in [1.29, 1.82) is 0 Å². The van der Waals surface area contributed by atoms with Crippen LogP contribution in [0.1, 0.15) is 30.4 Å². The summed E-state index contributed by atoms with van der Waals surface area (Å²) in [5.74, 6) is 0.0993. The van der Waals surface area contributed by atoms with Crippen LogP contribution >= 0.6 is 0 Å². The first-order valence-electron chi connectivity index (χ1n) is 6.68. The highest BCUT2D eigenvalue weighted by molar-refractivity contribution is 5.78. The van der Waals surface area contributed by atoms with E-state index in [4.69, 9.17) is 4.74 Å². The van der Waals surface area contributed by atoms with E-state index in [1.807, 2.05) is 31.2 Å². The first kappa shape index (κ1) is 13.1. The van der Waals surface area contributed by atoms with Crippen LogP contribution in [0.2, 0.25) is 0 Å². The van der Waals surface area contributed by atoms with Gasteiger partial charge in [0.2, 0.25) is 5.91 Å². The molecule has 3 nitrogen and oxygen atoms in total. The van der Waals surface area contributed by atoms with Gasteiger partial charge in [-0.15, -0.1) is 0 Å². The lowest BCUT2D eigenvalue weighted by Gasteiger charge is -2.10. The van der Waals surface area contributed by atoms with Gasteiger partial charge in [0.25, 0.3) is 0 Å². The van der Waals surface area contributed by atoms with Crippen LogP contribution in [0.25, 0.3) is 0 Å². The minimum atomic E-state index is 0.0993. The van der Waals surface area contributed by atoms with E-state index in [9.17, 15) is 4.79 Å². The largest absolute Gasteiger partial charge is 0.378 e. The van der Waals surface area contributed by atoms with Crippen LogP contribution in [-0.4, -0.2) is 25.2 Å². The lowest BCUT2D eigenvalue weighted by atomic mass is 10.1. The monoisotopic (exact) mass is 247 g/mol. The lowest BCUT2D eigenvalue weighted by molar-refractivity contribution is -0.120. The number of hydrogen-bond donors (Lipinski definition) is 1. The Morgan fingerprint density at radius 1 is 1.44 bits per heavy atom. The van der Waals surface area contributed by atoms with E-state index in [0.29, 0.717) is 12.5 Å². The highest BCUT2D eigenvalue weighted by atomic mass is 16.5. The van der Waals surface area contributed by atoms with E-state index in [-0.39, 0.29) is 5.91 Å². The number of carbonyl (C=O) groups excluding carboxylic acids is 1. The smallest absolute Gasteiger partial charge is 0.224 e. The Bertz CT molecular complexity index is 397. The summed E-state index contributed by atoms with van der Waals surface area (Å²) in [6.45, 7) is 3.63. The molecule has 1 unspecified atom stereocenters. The molecular formula is C15H21NO2. The maximum Gasteiger partial charge on any atom is 0.224 e. The zero-order valence-corrected chi connectivity index (χ0v) is 10.9. The summed E-state index contributed by atoms with van der Waals surface area (Å²) in [4.78, 5) is 11.8. The van der Waals surface area contributed by atoms with Gasteiger partial charge in [-0.3, -0.25) is 4.79 Å². The van der Waals surface area contributed by atoms with Crippen LogP contribution < -0.4 is 5.32 Å². The maximum atomic E-state index is 11.8. The minimum absolute atomic E-state index is 0.0993. The first-order valence-corrected chi connectivity index (χ1v) is 6.68. The molecule has 1 amide bonds. The van der Waals surface area contributed by atoms with Crippen LogP contribution in [-0.2, 0) is 16.0 Å². The van der Waals surface area contributed by atoms with Crippen molar-refractivity contribution in [3.63, 3.8) is 0 Å². The SMILES string of the molecule is Cc1ccccc1CC(=O)NCCC1CCCO1. The van der Waals surface area contributed by atoms with Gasteiger partial charge in [-0.05, 0) is 37.3 Å². The fourth-order valence-electron chi connectivity index (χ4n) is 2.29. The molecular weight excluding hydrogens is 226 g/mol. The second kappa shape index (κ2) is 6.55. The summed E-state index contributed by atoms with van der Waals surface area (Å²) in [5.41, 5.74) is 2.28. The number of rotatable bonds is 5. The summed E-state index contributed by atoms with van der Waals surface area (Å²) >= 11 is 0. The standard InChI is InChI=1S/C15H21NO2/c1-12-5-2-3-6-13(12)11-15(17)16-9-8-14-7-4-10-18-14/h2-3,5-6,14H,4,7-11H2,1H3,(H,16,17). The molecule has 0 aliphatic carbocycles. The second-order valence-corrected chi connectivity index (χ2v) is 4.88. The molecule has 3 heteroatoms. The van der Waals surface area contributed by atoms with Crippen molar-refractivity contribution in [2.75, 3.05) is 13.2 Å². The van der Waals surface area contributed by atoms with Crippen LogP contribution in [0.5, 0.6) is 0 Å². The molecule has 0 bridgehead atoms. The van der Waals surface area contributed by atoms with E-state index in [1.165, 1.54) is 5.56 Å². The van der Waals surface area contributed by atoms with Gasteiger partial charge < -0.3 is 10.1 Å².